The number of methoxy groups -OCH3 is 1. The number of benzene rings is 1. The lowest BCUT2D eigenvalue weighted by Crippen LogP contribution is -2.15. The summed E-state index contributed by atoms with van der Waals surface area (Å²) >= 11 is 3.34. The fraction of sp³-hybridized carbons (Fsp3) is 0.214. The Bertz CT molecular complexity index is 587. The fourth-order valence-corrected chi connectivity index (χ4v) is 1.82. The van der Waals surface area contributed by atoms with Crippen molar-refractivity contribution in [1.29, 1.82) is 0 Å². The van der Waals surface area contributed by atoms with Gasteiger partial charge in [0.2, 0.25) is 0 Å². The summed E-state index contributed by atoms with van der Waals surface area (Å²) in [5, 5.41) is 13.6. The summed E-state index contributed by atoms with van der Waals surface area (Å²) in [4.78, 5) is 12.0. The van der Waals surface area contributed by atoms with Gasteiger partial charge in [0.1, 0.15) is 5.82 Å². The van der Waals surface area contributed by atoms with Gasteiger partial charge in [0.15, 0.2) is 5.69 Å². The van der Waals surface area contributed by atoms with E-state index in [-0.39, 0.29) is 11.6 Å². The Labute approximate surface area is 131 Å². The smallest absolute Gasteiger partial charge is 0.276 e. The largest absolute Gasteiger partial charge is 0.383 e. The molecule has 0 aliphatic rings. The van der Waals surface area contributed by atoms with Crippen LogP contribution < -0.4 is 10.6 Å². The SMILES string of the molecule is COCCNc1ccc(C(=O)Nc2ccc(Br)cc2)nn1. The van der Waals surface area contributed by atoms with Crippen LogP contribution in [-0.2, 0) is 4.74 Å². The number of halogens is 1. The van der Waals surface area contributed by atoms with Crippen molar-refractivity contribution in [3.8, 4) is 0 Å². The molecule has 0 saturated heterocycles. The van der Waals surface area contributed by atoms with E-state index in [1.54, 1.807) is 31.4 Å². The van der Waals surface area contributed by atoms with E-state index in [4.69, 9.17) is 4.74 Å². The zero-order valence-corrected chi connectivity index (χ0v) is 13.1. The van der Waals surface area contributed by atoms with Crippen molar-refractivity contribution in [3.05, 3.63) is 46.6 Å². The molecule has 1 heterocycles. The van der Waals surface area contributed by atoms with E-state index < -0.39 is 0 Å². The Balaban J connectivity index is 1.94. The Morgan fingerprint density at radius 1 is 1.19 bits per heavy atom. The third-order valence-corrected chi connectivity index (χ3v) is 3.14. The normalized spacial score (nSPS) is 10.2. The Morgan fingerprint density at radius 3 is 2.57 bits per heavy atom. The number of hydrogen-bond acceptors (Lipinski definition) is 5. The summed E-state index contributed by atoms with van der Waals surface area (Å²) in [6, 6.07) is 10.6. The third kappa shape index (κ3) is 4.80. The van der Waals surface area contributed by atoms with Gasteiger partial charge in [0.05, 0.1) is 6.61 Å². The molecule has 0 aliphatic carbocycles. The maximum absolute atomic E-state index is 12.0. The number of aromatic nitrogens is 2. The van der Waals surface area contributed by atoms with E-state index in [1.807, 2.05) is 12.1 Å². The highest BCUT2D eigenvalue weighted by atomic mass is 79.9. The van der Waals surface area contributed by atoms with Crippen LogP contribution in [-0.4, -0.2) is 36.4 Å². The van der Waals surface area contributed by atoms with Crippen molar-refractivity contribution < 1.29 is 9.53 Å². The van der Waals surface area contributed by atoms with Gasteiger partial charge in [-0.15, -0.1) is 10.2 Å². The maximum Gasteiger partial charge on any atom is 0.276 e. The molecule has 21 heavy (non-hydrogen) atoms. The standard InChI is InChI=1S/C14H15BrN4O2/c1-21-9-8-16-13-7-6-12(18-19-13)14(20)17-11-4-2-10(15)3-5-11/h2-7H,8-9H2,1H3,(H,16,19)(H,17,20). The first-order valence-electron chi connectivity index (χ1n) is 6.32. The molecule has 0 fully saturated rings. The average Bonchev–Trinajstić information content (AvgIpc) is 2.50. The van der Waals surface area contributed by atoms with Crippen LogP contribution in [0, 0.1) is 0 Å². The lowest BCUT2D eigenvalue weighted by molar-refractivity contribution is 0.102. The lowest BCUT2D eigenvalue weighted by atomic mass is 10.3. The number of nitrogens with one attached hydrogen (secondary N) is 2. The van der Waals surface area contributed by atoms with Gasteiger partial charge in [0, 0.05) is 23.8 Å². The first-order chi connectivity index (χ1) is 10.2. The third-order valence-electron chi connectivity index (χ3n) is 2.61. The molecule has 2 N–H and O–H groups in total. The highest BCUT2D eigenvalue weighted by molar-refractivity contribution is 9.10. The van der Waals surface area contributed by atoms with E-state index in [0.29, 0.717) is 24.7 Å². The first-order valence-corrected chi connectivity index (χ1v) is 7.12. The Morgan fingerprint density at radius 2 is 1.95 bits per heavy atom. The molecule has 0 aliphatic heterocycles. The molecule has 0 unspecified atom stereocenters. The highest BCUT2D eigenvalue weighted by Gasteiger charge is 2.08. The van der Waals surface area contributed by atoms with Crippen molar-refractivity contribution in [2.75, 3.05) is 30.9 Å². The molecule has 1 amide bonds. The van der Waals surface area contributed by atoms with E-state index >= 15 is 0 Å². The van der Waals surface area contributed by atoms with Gasteiger partial charge in [-0.05, 0) is 36.4 Å². The monoisotopic (exact) mass is 350 g/mol. The number of hydrogen-bond donors (Lipinski definition) is 2. The Hall–Kier alpha value is -1.99. The quantitative estimate of drug-likeness (QED) is 0.783. The zero-order chi connectivity index (χ0) is 15.1. The van der Waals surface area contributed by atoms with E-state index in [9.17, 15) is 4.79 Å². The van der Waals surface area contributed by atoms with Gasteiger partial charge >= 0.3 is 0 Å². The number of carbonyl (C=O) groups excluding carboxylic acids is 1. The molecule has 0 saturated carbocycles. The van der Waals surface area contributed by atoms with Gasteiger partial charge < -0.3 is 15.4 Å². The maximum atomic E-state index is 12.0. The molecule has 2 aromatic rings. The number of rotatable bonds is 6. The molecule has 0 atom stereocenters. The van der Waals surface area contributed by atoms with Crippen LogP contribution in [0.5, 0.6) is 0 Å². The van der Waals surface area contributed by atoms with Crippen LogP contribution in [0.15, 0.2) is 40.9 Å². The summed E-state index contributed by atoms with van der Waals surface area (Å²) < 4.78 is 5.87. The van der Waals surface area contributed by atoms with E-state index in [0.717, 1.165) is 4.47 Å². The average molecular weight is 351 g/mol. The number of anilines is 2. The number of amides is 1. The number of nitrogens with zero attached hydrogens (tertiary/aromatic N) is 2. The van der Waals surface area contributed by atoms with Gasteiger partial charge in [0.25, 0.3) is 5.91 Å². The van der Waals surface area contributed by atoms with Crippen molar-refractivity contribution in [3.63, 3.8) is 0 Å². The van der Waals surface area contributed by atoms with Crippen LogP contribution in [0.4, 0.5) is 11.5 Å². The van der Waals surface area contributed by atoms with E-state index in [1.165, 1.54) is 0 Å². The first kappa shape index (κ1) is 15.4. The molecule has 2 rings (SSSR count). The summed E-state index contributed by atoms with van der Waals surface area (Å²) in [6.45, 7) is 1.21. The lowest BCUT2D eigenvalue weighted by Gasteiger charge is -2.06. The van der Waals surface area contributed by atoms with Crippen LogP contribution in [0.3, 0.4) is 0 Å². The zero-order valence-electron chi connectivity index (χ0n) is 11.5. The van der Waals surface area contributed by atoms with Gasteiger partial charge in [-0.3, -0.25) is 4.79 Å². The summed E-state index contributed by atoms with van der Waals surface area (Å²) in [5.41, 5.74) is 0.961. The van der Waals surface area contributed by atoms with Crippen molar-refractivity contribution in [2.45, 2.75) is 0 Å². The van der Waals surface area contributed by atoms with Crippen molar-refractivity contribution in [1.82, 2.24) is 10.2 Å². The molecule has 7 heteroatoms. The van der Waals surface area contributed by atoms with Crippen molar-refractivity contribution >= 4 is 33.3 Å². The second kappa shape index (κ2) is 7.70. The van der Waals surface area contributed by atoms with Crippen LogP contribution >= 0.6 is 15.9 Å². The Kier molecular flexibility index (Phi) is 5.65. The summed E-state index contributed by atoms with van der Waals surface area (Å²) in [6.07, 6.45) is 0. The highest BCUT2D eigenvalue weighted by Crippen LogP contribution is 2.14. The minimum absolute atomic E-state index is 0.259. The molecular formula is C14H15BrN4O2. The van der Waals surface area contributed by atoms with Gasteiger partial charge in [-0.2, -0.15) is 0 Å². The van der Waals surface area contributed by atoms with Crippen LogP contribution in [0.25, 0.3) is 0 Å². The minimum Gasteiger partial charge on any atom is -0.383 e. The molecule has 6 nitrogen and oxygen atoms in total. The summed E-state index contributed by atoms with van der Waals surface area (Å²) in [7, 11) is 1.63. The predicted molar refractivity (Wildman–Crippen MR) is 84.5 cm³/mol. The predicted octanol–water partition coefficient (Wildman–Crippen LogP) is 2.55. The number of ether oxygens (including phenoxy) is 1. The molecule has 0 bridgehead atoms. The minimum atomic E-state index is -0.298. The van der Waals surface area contributed by atoms with E-state index in [2.05, 4.69) is 36.8 Å². The van der Waals surface area contributed by atoms with Gasteiger partial charge in [-0.25, -0.2) is 0 Å². The van der Waals surface area contributed by atoms with Gasteiger partial charge in [-0.1, -0.05) is 15.9 Å². The molecule has 1 aromatic heterocycles. The van der Waals surface area contributed by atoms with Crippen molar-refractivity contribution in [2.24, 2.45) is 0 Å². The van der Waals surface area contributed by atoms with Crippen LogP contribution in [0.1, 0.15) is 10.5 Å². The second-order valence-electron chi connectivity index (χ2n) is 4.18. The molecule has 0 spiro atoms. The summed E-state index contributed by atoms with van der Waals surface area (Å²) in [5.74, 6) is 0.306. The number of carbonyl (C=O) groups is 1. The fourth-order valence-electron chi connectivity index (χ4n) is 1.56. The van der Waals surface area contributed by atoms with Crippen LogP contribution in [0.2, 0.25) is 0 Å². The molecular weight excluding hydrogens is 336 g/mol. The second-order valence-corrected chi connectivity index (χ2v) is 5.10. The molecule has 110 valence electrons. The topological polar surface area (TPSA) is 76.1 Å². The molecule has 1 aromatic carbocycles. The molecule has 0 radical (unpaired) electrons.